The van der Waals surface area contributed by atoms with Crippen molar-refractivity contribution in [2.24, 2.45) is 0 Å². The van der Waals surface area contributed by atoms with Crippen molar-refractivity contribution in [2.45, 2.75) is 6.61 Å². The summed E-state index contributed by atoms with van der Waals surface area (Å²) in [5.41, 5.74) is -0.109. The Labute approximate surface area is 117 Å². The van der Waals surface area contributed by atoms with Crippen LogP contribution in [0.2, 0.25) is 9.36 Å². The Kier molecular flexibility index (Phi) is 4.06. The summed E-state index contributed by atoms with van der Waals surface area (Å²) >= 11 is 12.9. The highest BCUT2D eigenvalue weighted by Crippen LogP contribution is 2.31. The molecule has 0 unspecified atom stereocenters. The van der Waals surface area contributed by atoms with E-state index < -0.39 is 4.92 Å². The van der Waals surface area contributed by atoms with Gasteiger partial charge in [0.05, 0.1) is 9.26 Å². The molecule has 0 aliphatic carbocycles. The van der Waals surface area contributed by atoms with E-state index in [-0.39, 0.29) is 18.0 Å². The van der Waals surface area contributed by atoms with Crippen molar-refractivity contribution >= 4 is 40.2 Å². The summed E-state index contributed by atoms with van der Waals surface area (Å²) < 4.78 is 6.05. The predicted octanol–water partition coefficient (Wildman–Crippen LogP) is 4.54. The zero-order chi connectivity index (χ0) is 13.1. The predicted molar refractivity (Wildman–Crippen MR) is 71.8 cm³/mol. The van der Waals surface area contributed by atoms with Gasteiger partial charge in [0.1, 0.15) is 6.61 Å². The van der Waals surface area contributed by atoms with E-state index in [1.807, 2.05) is 6.07 Å². The van der Waals surface area contributed by atoms with Gasteiger partial charge in [-0.25, -0.2) is 0 Å². The minimum absolute atomic E-state index is 0.109. The molecule has 7 heteroatoms. The van der Waals surface area contributed by atoms with E-state index in [2.05, 4.69) is 0 Å². The van der Waals surface area contributed by atoms with Crippen LogP contribution >= 0.6 is 34.5 Å². The molecule has 0 saturated heterocycles. The van der Waals surface area contributed by atoms with Gasteiger partial charge < -0.3 is 4.74 Å². The number of hydrogen-bond acceptors (Lipinski definition) is 4. The molecule has 2 rings (SSSR count). The quantitative estimate of drug-likeness (QED) is 0.615. The third kappa shape index (κ3) is 3.13. The monoisotopic (exact) mass is 303 g/mol. The van der Waals surface area contributed by atoms with Gasteiger partial charge in [-0.3, -0.25) is 10.1 Å². The Morgan fingerprint density at radius 2 is 2.06 bits per heavy atom. The number of thiophene rings is 1. The number of nitro benzene ring substituents is 1. The highest BCUT2D eigenvalue weighted by atomic mass is 35.5. The average Bonchev–Trinajstić information content (AvgIpc) is 2.72. The first-order chi connectivity index (χ1) is 8.56. The Morgan fingerprint density at radius 3 is 2.67 bits per heavy atom. The van der Waals surface area contributed by atoms with Crippen molar-refractivity contribution in [3.8, 4) is 5.75 Å². The largest absolute Gasteiger partial charge is 0.481 e. The molecule has 2 aromatic rings. The first kappa shape index (κ1) is 13.1. The zero-order valence-electron chi connectivity index (χ0n) is 8.93. The highest BCUT2D eigenvalue weighted by molar-refractivity contribution is 7.16. The van der Waals surface area contributed by atoms with Crippen LogP contribution in [0.5, 0.6) is 5.75 Å². The lowest BCUT2D eigenvalue weighted by Crippen LogP contribution is -1.97. The molecule has 0 fully saturated rings. The molecule has 0 aliphatic heterocycles. The summed E-state index contributed by atoms with van der Waals surface area (Å²) in [4.78, 5) is 11.2. The first-order valence-electron chi connectivity index (χ1n) is 4.87. The molecule has 0 atom stereocenters. The molecular weight excluding hydrogens is 297 g/mol. The second-order valence-corrected chi connectivity index (χ2v) is 5.60. The van der Waals surface area contributed by atoms with Gasteiger partial charge in [-0.05, 0) is 18.2 Å². The van der Waals surface area contributed by atoms with Gasteiger partial charge in [0, 0.05) is 22.0 Å². The van der Waals surface area contributed by atoms with E-state index in [4.69, 9.17) is 27.9 Å². The van der Waals surface area contributed by atoms with Crippen LogP contribution in [0.1, 0.15) is 4.88 Å². The fraction of sp³-hybridized carbons (Fsp3) is 0.0909. The summed E-state index contributed by atoms with van der Waals surface area (Å²) in [6.07, 6.45) is 0. The SMILES string of the molecule is O=[N+]([O-])c1ccc(Cl)cc1OCc1ccc(Cl)s1. The third-order valence-electron chi connectivity index (χ3n) is 2.12. The Balaban J connectivity index is 2.17. The van der Waals surface area contributed by atoms with Crippen molar-refractivity contribution in [1.29, 1.82) is 0 Å². The molecule has 4 nitrogen and oxygen atoms in total. The van der Waals surface area contributed by atoms with Crippen LogP contribution in [0, 0.1) is 10.1 Å². The van der Waals surface area contributed by atoms with Gasteiger partial charge in [0.2, 0.25) is 0 Å². The van der Waals surface area contributed by atoms with E-state index in [1.54, 1.807) is 6.07 Å². The highest BCUT2D eigenvalue weighted by Gasteiger charge is 2.15. The van der Waals surface area contributed by atoms with E-state index in [0.717, 1.165) is 4.88 Å². The minimum atomic E-state index is -0.507. The lowest BCUT2D eigenvalue weighted by Gasteiger charge is -2.05. The van der Waals surface area contributed by atoms with Crippen LogP contribution in [0.4, 0.5) is 5.69 Å². The zero-order valence-corrected chi connectivity index (χ0v) is 11.3. The van der Waals surface area contributed by atoms with Crippen LogP contribution in [0.15, 0.2) is 30.3 Å². The second-order valence-electron chi connectivity index (χ2n) is 3.36. The van der Waals surface area contributed by atoms with E-state index in [9.17, 15) is 10.1 Å². The molecule has 0 amide bonds. The fourth-order valence-electron chi connectivity index (χ4n) is 1.33. The summed E-state index contributed by atoms with van der Waals surface area (Å²) in [6.45, 7) is 0.221. The Bertz CT molecular complexity index is 585. The lowest BCUT2D eigenvalue weighted by molar-refractivity contribution is -0.385. The van der Waals surface area contributed by atoms with Crippen molar-refractivity contribution < 1.29 is 9.66 Å². The summed E-state index contributed by atoms with van der Waals surface area (Å²) in [6, 6.07) is 7.75. The molecule has 0 aliphatic rings. The van der Waals surface area contributed by atoms with Gasteiger partial charge in [-0.15, -0.1) is 11.3 Å². The van der Waals surface area contributed by atoms with Crippen molar-refractivity contribution in [2.75, 3.05) is 0 Å². The number of hydrogen-bond donors (Lipinski definition) is 0. The van der Waals surface area contributed by atoms with Crippen LogP contribution in [-0.2, 0) is 6.61 Å². The van der Waals surface area contributed by atoms with Gasteiger partial charge in [0.25, 0.3) is 0 Å². The average molecular weight is 304 g/mol. The molecule has 0 bridgehead atoms. The number of nitro groups is 1. The van der Waals surface area contributed by atoms with Gasteiger partial charge >= 0.3 is 5.69 Å². The molecule has 0 radical (unpaired) electrons. The second kappa shape index (κ2) is 5.56. The van der Waals surface area contributed by atoms with E-state index in [1.165, 1.54) is 29.5 Å². The summed E-state index contributed by atoms with van der Waals surface area (Å²) in [5.74, 6) is 0.150. The third-order valence-corrected chi connectivity index (χ3v) is 3.56. The van der Waals surface area contributed by atoms with Crippen molar-refractivity contribution in [3.05, 3.63) is 54.7 Å². The molecule has 0 spiro atoms. The Morgan fingerprint density at radius 1 is 1.28 bits per heavy atom. The van der Waals surface area contributed by atoms with Gasteiger partial charge in [-0.1, -0.05) is 23.2 Å². The number of benzene rings is 1. The molecule has 94 valence electrons. The molecule has 1 heterocycles. The summed E-state index contributed by atoms with van der Waals surface area (Å²) in [7, 11) is 0. The number of halogens is 2. The number of nitrogens with zero attached hydrogens (tertiary/aromatic N) is 1. The normalized spacial score (nSPS) is 10.3. The maximum Gasteiger partial charge on any atom is 0.311 e. The minimum Gasteiger partial charge on any atom is -0.481 e. The van der Waals surface area contributed by atoms with E-state index >= 15 is 0 Å². The smallest absolute Gasteiger partial charge is 0.311 e. The van der Waals surface area contributed by atoms with Crippen molar-refractivity contribution in [3.63, 3.8) is 0 Å². The maximum absolute atomic E-state index is 10.8. The van der Waals surface area contributed by atoms with Gasteiger partial charge in [-0.2, -0.15) is 0 Å². The number of rotatable bonds is 4. The first-order valence-corrected chi connectivity index (χ1v) is 6.44. The van der Waals surface area contributed by atoms with Crippen LogP contribution in [0.3, 0.4) is 0 Å². The standard InChI is InChI=1S/C11H7Cl2NO3S/c12-7-1-3-9(14(15)16)10(5-7)17-6-8-2-4-11(13)18-8/h1-5H,6H2. The van der Waals surface area contributed by atoms with Gasteiger partial charge in [0.15, 0.2) is 5.75 Å². The number of ether oxygens (including phenoxy) is 1. The Hall–Kier alpha value is -1.30. The molecule has 0 saturated carbocycles. The van der Waals surface area contributed by atoms with Crippen LogP contribution in [-0.4, -0.2) is 4.92 Å². The van der Waals surface area contributed by atoms with E-state index in [0.29, 0.717) is 9.36 Å². The molecular formula is C11H7Cl2NO3S. The molecule has 18 heavy (non-hydrogen) atoms. The maximum atomic E-state index is 10.8. The van der Waals surface area contributed by atoms with Crippen LogP contribution in [0.25, 0.3) is 0 Å². The van der Waals surface area contributed by atoms with Crippen LogP contribution < -0.4 is 4.74 Å². The van der Waals surface area contributed by atoms with Crippen molar-refractivity contribution in [1.82, 2.24) is 0 Å². The topological polar surface area (TPSA) is 52.4 Å². The molecule has 1 aromatic carbocycles. The fourth-order valence-corrected chi connectivity index (χ4v) is 2.50. The lowest BCUT2D eigenvalue weighted by atomic mass is 10.3. The molecule has 0 N–H and O–H groups in total. The molecule has 1 aromatic heterocycles. The summed E-state index contributed by atoms with van der Waals surface area (Å²) in [5, 5.41) is 11.2.